The quantitative estimate of drug-likeness (QED) is 0.0996. The summed E-state index contributed by atoms with van der Waals surface area (Å²) in [6, 6.07) is -5.44. The predicted octanol–water partition coefficient (Wildman–Crippen LogP) is -9.45. The van der Waals surface area contributed by atoms with Crippen molar-refractivity contribution in [2.24, 2.45) is 28.9 Å². The van der Waals surface area contributed by atoms with Crippen LogP contribution in [0.15, 0.2) is 0 Å². The molecule has 19 N–H and O–H groups in total. The Hall–Kier alpha value is -1.21. The van der Waals surface area contributed by atoms with E-state index in [4.69, 9.17) is 42.3 Å². The van der Waals surface area contributed by atoms with Gasteiger partial charge in [0.15, 0.2) is 11.9 Å². The SMILES string of the molecule is NC1CC(NC(=O)C2(O)CC2N)C(OC2OC(CO)C(O)C(N)C2O)C(O)C1C1OC(CNCC(O)CO)C(O)C(O)C1N. The number of carbonyl (C=O) groups is 1. The van der Waals surface area contributed by atoms with E-state index in [2.05, 4.69) is 10.6 Å². The maximum absolute atomic E-state index is 12.9. The van der Waals surface area contributed by atoms with Gasteiger partial charge in [-0.25, -0.2) is 0 Å². The molecule has 18 unspecified atom stereocenters. The fraction of sp³-hybridized carbons (Fsp3) is 0.960. The number of amides is 1. The highest BCUT2D eigenvalue weighted by molar-refractivity contribution is 5.89. The number of aliphatic hydroxyl groups is 9. The van der Waals surface area contributed by atoms with Crippen molar-refractivity contribution < 1.29 is 65.0 Å². The van der Waals surface area contributed by atoms with Crippen molar-refractivity contribution >= 4 is 5.91 Å². The highest BCUT2D eigenvalue weighted by Gasteiger charge is 2.60. The van der Waals surface area contributed by atoms with Gasteiger partial charge in [-0.1, -0.05) is 0 Å². The first-order chi connectivity index (χ1) is 20.7. The number of hydrogen-bond donors (Lipinski definition) is 15. The molecular formula is C25H48N6O13. The molecule has 2 aliphatic heterocycles. The molecule has 0 spiro atoms. The molecule has 19 nitrogen and oxygen atoms in total. The largest absolute Gasteiger partial charge is 0.394 e. The average molecular weight is 641 g/mol. The molecule has 0 aromatic heterocycles. The van der Waals surface area contributed by atoms with Crippen molar-refractivity contribution in [3.63, 3.8) is 0 Å². The molecule has 44 heavy (non-hydrogen) atoms. The lowest BCUT2D eigenvalue weighted by Gasteiger charge is -2.52. The first kappa shape index (κ1) is 35.6. The Bertz CT molecular complexity index is 974. The van der Waals surface area contributed by atoms with E-state index in [9.17, 15) is 45.6 Å². The summed E-state index contributed by atoms with van der Waals surface area (Å²) in [4.78, 5) is 12.9. The van der Waals surface area contributed by atoms with Crippen LogP contribution in [0.2, 0.25) is 0 Å². The first-order valence-corrected chi connectivity index (χ1v) is 14.7. The maximum Gasteiger partial charge on any atom is 0.253 e. The van der Waals surface area contributed by atoms with Gasteiger partial charge in [-0.2, -0.15) is 0 Å². The molecule has 4 rings (SSSR count). The summed E-state index contributed by atoms with van der Waals surface area (Å²) in [7, 11) is 0. The summed E-state index contributed by atoms with van der Waals surface area (Å²) in [6.07, 6.45) is -15.5. The van der Waals surface area contributed by atoms with Gasteiger partial charge in [0.05, 0.1) is 55.8 Å². The second kappa shape index (κ2) is 14.3. The third-order valence-electron chi connectivity index (χ3n) is 9.22. The van der Waals surface area contributed by atoms with E-state index >= 15 is 0 Å². The number of hydrogen-bond acceptors (Lipinski definition) is 18. The van der Waals surface area contributed by atoms with Gasteiger partial charge in [-0.3, -0.25) is 4.79 Å². The smallest absolute Gasteiger partial charge is 0.253 e. The molecule has 0 aromatic rings. The van der Waals surface area contributed by atoms with Crippen molar-refractivity contribution in [3.8, 4) is 0 Å². The zero-order chi connectivity index (χ0) is 32.7. The van der Waals surface area contributed by atoms with Gasteiger partial charge in [-0.05, 0) is 6.42 Å². The molecule has 256 valence electrons. The molecule has 18 atom stereocenters. The predicted molar refractivity (Wildman–Crippen MR) is 147 cm³/mol. The monoisotopic (exact) mass is 640 g/mol. The van der Waals surface area contributed by atoms with Crippen LogP contribution in [0.3, 0.4) is 0 Å². The standard InChI is InChI=1S/C25H48N6O13/c26-8-1-9(31-24(40)25(41)2-12(25)27)21(44-23-20(39)14(28)16(35)11(6-33)43-23)18(37)13(8)22-15(29)19(38)17(36)10(42-22)4-30-3-7(34)5-32/h7-23,30,32-39,41H,1-6,26-29H2,(H,31,40). The van der Waals surface area contributed by atoms with Crippen molar-refractivity contribution in [2.75, 3.05) is 26.3 Å². The lowest BCUT2D eigenvalue weighted by Crippen LogP contribution is -2.72. The van der Waals surface area contributed by atoms with Crippen molar-refractivity contribution in [3.05, 3.63) is 0 Å². The van der Waals surface area contributed by atoms with E-state index in [1.165, 1.54) is 0 Å². The van der Waals surface area contributed by atoms with Gasteiger partial charge in [0.2, 0.25) is 0 Å². The zero-order valence-electron chi connectivity index (χ0n) is 24.0. The van der Waals surface area contributed by atoms with Crippen molar-refractivity contribution in [1.82, 2.24) is 10.6 Å². The second-order valence-corrected chi connectivity index (χ2v) is 12.4. The molecule has 0 radical (unpaired) electrons. The van der Waals surface area contributed by atoms with Crippen LogP contribution in [0, 0.1) is 5.92 Å². The Morgan fingerprint density at radius 3 is 2.18 bits per heavy atom. The molecule has 2 saturated heterocycles. The van der Waals surface area contributed by atoms with Crippen LogP contribution in [0.4, 0.5) is 0 Å². The second-order valence-electron chi connectivity index (χ2n) is 12.4. The molecule has 4 fully saturated rings. The number of aliphatic hydroxyl groups excluding tert-OH is 8. The van der Waals surface area contributed by atoms with Crippen molar-refractivity contribution in [2.45, 2.75) is 116 Å². The van der Waals surface area contributed by atoms with Crippen LogP contribution < -0.4 is 33.6 Å². The third-order valence-corrected chi connectivity index (χ3v) is 9.22. The Balaban J connectivity index is 1.58. The first-order valence-electron chi connectivity index (χ1n) is 14.7. The third kappa shape index (κ3) is 7.04. The minimum absolute atomic E-state index is 0.000575. The van der Waals surface area contributed by atoms with Crippen LogP contribution in [0.1, 0.15) is 12.8 Å². The van der Waals surface area contributed by atoms with E-state index < -0.39 is 128 Å². The van der Waals surface area contributed by atoms with Gasteiger partial charge >= 0.3 is 0 Å². The maximum atomic E-state index is 12.9. The van der Waals surface area contributed by atoms with Gasteiger partial charge in [0.1, 0.15) is 36.6 Å². The minimum Gasteiger partial charge on any atom is -0.394 e. The summed E-state index contributed by atoms with van der Waals surface area (Å²) in [6.45, 7) is -1.32. The molecule has 0 aromatic carbocycles. The Morgan fingerprint density at radius 2 is 1.59 bits per heavy atom. The van der Waals surface area contributed by atoms with E-state index in [-0.39, 0.29) is 25.9 Å². The molecule has 2 aliphatic carbocycles. The normalized spacial score (nSPS) is 50.2. The number of carbonyl (C=O) groups excluding carboxylic acids is 1. The fourth-order valence-corrected chi connectivity index (χ4v) is 6.25. The Labute approximate surface area is 253 Å². The summed E-state index contributed by atoms with van der Waals surface area (Å²) in [5.74, 6) is -1.94. The summed E-state index contributed by atoms with van der Waals surface area (Å²) in [5, 5.41) is 98.2. The molecule has 0 bridgehead atoms. The number of ether oxygens (including phenoxy) is 3. The van der Waals surface area contributed by atoms with Crippen LogP contribution in [0.5, 0.6) is 0 Å². The van der Waals surface area contributed by atoms with E-state index in [0.29, 0.717) is 0 Å². The highest BCUT2D eigenvalue weighted by Crippen LogP contribution is 2.38. The van der Waals surface area contributed by atoms with Gasteiger partial charge < -0.3 is 93.7 Å². The van der Waals surface area contributed by atoms with Crippen LogP contribution in [-0.4, -0.2) is 181 Å². The summed E-state index contributed by atoms with van der Waals surface area (Å²) < 4.78 is 17.6. The molecule has 1 amide bonds. The highest BCUT2D eigenvalue weighted by atomic mass is 16.7. The van der Waals surface area contributed by atoms with Crippen molar-refractivity contribution in [1.29, 1.82) is 0 Å². The molecule has 2 saturated carbocycles. The molecule has 19 heteroatoms. The molecule has 4 aliphatic rings. The lowest BCUT2D eigenvalue weighted by molar-refractivity contribution is -0.307. The number of rotatable bonds is 11. The van der Waals surface area contributed by atoms with E-state index in [0.717, 1.165) is 0 Å². The minimum atomic E-state index is -1.84. The van der Waals surface area contributed by atoms with Crippen LogP contribution in [-0.2, 0) is 19.0 Å². The lowest BCUT2D eigenvalue weighted by atomic mass is 9.71. The molecule has 2 heterocycles. The van der Waals surface area contributed by atoms with Gasteiger partial charge in [0.25, 0.3) is 5.91 Å². The molecular weight excluding hydrogens is 592 g/mol. The zero-order valence-corrected chi connectivity index (χ0v) is 24.0. The fourth-order valence-electron chi connectivity index (χ4n) is 6.25. The van der Waals surface area contributed by atoms with E-state index in [1.54, 1.807) is 0 Å². The summed E-state index contributed by atoms with van der Waals surface area (Å²) in [5.41, 5.74) is 22.5. The Morgan fingerprint density at radius 1 is 0.932 bits per heavy atom. The summed E-state index contributed by atoms with van der Waals surface area (Å²) >= 11 is 0. The number of nitrogens with two attached hydrogens (primary N) is 4. The Kier molecular flexibility index (Phi) is 11.6. The average Bonchev–Trinajstić information content (AvgIpc) is 3.62. The number of nitrogens with one attached hydrogen (secondary N) is 2. The van der Waals surface area contributed by atoms with E-state index in [1.807, 2.05) is 0 Å². The topological polar surface area (TPSA) is 355 Å². The van der Waals surface area contributed by atoms with Gasteiger partial charge in [0, 0.05) is 37.5 Å². The van der Waals surface area contributed by atoms with Crippen LogP contribution >= 0.6 is 0 Å². The van der Waals surface area contributed by atoms with Gasteiger partial charge in [-0.15, -0.1) is 0 Å². The van der Waals surface area contributed by atoms with Crippen LogP contribution in [0.25, 0.3) is 0 Å².